The van der Waals surface area contributed by atoms with Gasteiger partial charge in [0, 0.05) is 31.1 Å². The van der Waals surface area contributed by atoms with E-state index in [0.29, 0.717) is 23.6 Å². The second kappa shape index (κ2) is 12.9. The van der Waals surface area contributed by atoms with E-state index in [-0.39, 0.29) is 6.04 Å². The molecule has 0 amide bonds. The van der Waals surface area contributed by atoms with Gasteiger partial charge in [0.05, 0.1) is 14.2 Å². The second-order valence-corrected chi connectivity index (χ2v) is 11.2. The zero-order valence-corrected chi connectivity index (χ0v) is 24.1. The molecule has 0 bridgehead atoms. The van der Waals surface area contributed by atoms with Gasteiger partial charge in [-0.05, 0) is 106 Å². The predicted molar refractivity (Wildman–Crippen MR) is 155 cm³/mol. The van der Waals surface area contributed by atoms with E-state index < -0.39 is 0 Å². The lowest BCUT2D eigenvalue weighted by atomic mass is 9.72. The van der Waals surface area contributed by atoms with Crippen LogP contribution in [0.15, 0.2) is 66.1 Å². The molecular formula is C33H46N2O3. The average molecular weight is 519 g/mol. The van der Waals surface area contributed by atoms with E-state index in [1.165, 1.54) is 22.3 Å². The highest BCUT2D eigenvalue weighted by Crippen LogP contribution is 2.39. The molecule has 0 fully saturated rings. The minimum Gasteiger partial charge on any atom is -0.508 e. The highest BCUT2D eigenvalue weighted by Gasteiger charge is 2.36. The van der Waals surface area contributed by atoms with Crippen LogP contribution in [0.1, 0.15) is 49.4 Å². The smallest absolute Gasteiger partial charge is 0.158 e. The molecule has 3 atom stereocenters. The number of rotatable bonds is 11. The van der Waals surface area contributed by atoms with E-state index in [9.17, 15) is 5.11 Å². The predicted octanol–water partition coefficient (Wildman–Crippen LogP) is 5.96. The summed E-state index contributed by atoms with van der Waals surface area (Å²) in [5, 5.41) is 9.95. The van der Waals surface area contributed by atoms with Crippen LogP contribution in [0, 0.1) is 11.8 Å². The Kier molecular flexibility index (Phi) is 9.56. The maximum absolute atomic E-state index is 9.95. The van der Waals surface area contributed by atoms with Crippen LogP contribution in [0.5, 0.6) is 5.75 Å². The summed E-state index contributed by atoms with van der Waals surface area (Å²) in [6, 6.07) is 15.8. The van der Waals surface area contributed by atoms with Crippen LogP contribution < -0.4 is 0 Å². The Morgan fingerprint density at radius 3 is 2.29 bits per heavy atom. The zero-order chi connectivity index (χ0) is 27.2. The van der Waals surface area contributed by atoms with Crippen LogP contribution in [0.25, 0.3) is 0 Å². The first-order valence-electron chi connectivity index (χ1n) is 14.2. The van der Waals surface area contributed by atoms with Gasteiger partial charge in [-0.2, -0.15) is 0 Å². The molecule has 2 aliphatic rings. The first-order chi connectivity index (χ1) is 18.3. The first kappa shape index (κ1) is 28.3. The van der Waals surface area contributed by atoms with Gasteiger partial charge < -0.3 is 19.5 Å². The molecular weight excluding hydrogens is 472 g/mol. The van der Waals surface area contributed by atoms with E-state index in [1.54, 1.807) is 14.2 Å². The Morgan fingerprint density at radius 2 is 1.63 bits per heavy atom. The lowest BCUT2D eigenvalue weighted by Crippen LogP contribution is -2.44. The highest BCUT2D eigenvalue weighted by atomic mass is 16.5. The first-order valence-corrected chi connectivity index (χ1v) is 14.2. The number of phenolic OH excluding ortho intramolecular Hbond substituents is 1. The van der Waals surface area contributed by atoms with Crippen molar-refractivity contribution in [2.24, 2.45) is 11.8 Å². The van der Waals surface area contributed by atoms with Crippen molar-refractivity contribution in [3.63, 3.8) is 0 Å². The van der Waals surface area contributed by atoms with Gasteiger partial charge in [0.1, 0.15) is 5.75 Å². The number of benzene rings is 2. The summed E-state index contributed by atoms with van der Waals surface area (Å²) >= 11 is 0. The lowest BCUT2D eigenvalue weighted by molar-refractivity contribution is 0.132. The van der Waals surface area contributed by atoms with E-state index in [4.69, 9.17) is 9.47 Å². The molecule has 2 aromatic rings. The Hall–Kier alpha value is -2.76. The summed E-state index contributed by atoms with van der Waals surface area (Å²) in [6.07, 6.45) is 8.75. The number of phenols is 1. The van der Waals surface area contributed by atoms with Crippen molar-refractivity contribution < 1.29 is 14.6 Å². The number of fused-ring (bicyclic) bond motifs is 1. The van der Waals surface area contributed by atoms with Crippen molar-refractivity contribution in [3.8, 4) is 5.75 Å². The number of ether oxygens (including phenoxy) is 2. The monoisotopic (exact) mass is 518 g/mol. The summed E-state index contributed by atoms with van der Waals surface area (Å²) in [7, 11) is 5.65. The average Bonchev–Trinajstić information content (AvgIpc) is 2.94. The summed E-state index contributed by atoms with van der Waals surface area (Å²) in [5.41, 5.74) is 5.36. The third-order valence-corrected chi connectivity index (χ3v) is 8.61. The van der Waals surface area contributed by atoms with Gasteiger partial charge in [0.15, 0.2) is 11.5 Å². The Morgan fingerprint density at radius 1 is 0.947 bits per heavy atom. The topological polar surface area (TPSA) is 45.2 Å². The molecule has 0 heterocycles. The molecule has 0 saturated carbocycles. The van der Waals surface area contributed by atoms with Gasteiger partial charge in [-0.25, -0.2) is 0 Å². The van der Waals surface area contributed by atoms with Crippen LogP contribution in [0.3, 0.4) is 0 Å². The highest BCUT2D eigenvalue weighted by molar-refractivity contribution is 5.38. The fourth-order valence-electron chi connectivity index (χ4n) is 5.94. The number of nitrogens with zero attached hydrogens (tertiary/aromatic N) is 2. The van der Waals surface area contributed by atoms with Gasteiger partial charge in [-0.15, -0.1) is 0 Å². The molecule has 38 heavy (non-hydrogen) atoms. The van der Waals surface area contributed by atoms with Gasteiger partial charge >= 0.3 is 0 Å². The van der Waals surface area contributed by atoms with Gasteiger partial charge in [-0.3, -0.25) is 4.90 Å². The minimum absolute atomic E-state index is 0.219. The quantitative estimate of drug-likeness (QED) is 0.398. The number of aryl methyl sites for hydroxylation is 1. The Labute approximate surface area is 229 Å². The molecule has 5 heteroatoms. The van der Waals surface area contributed by atoms with Crippen molar-refractivity contribution in [1.82, 2.24) is 9.80 Å². The van der Waals surface area contributed by atoms with Crippen LogP contribution >= 0.6 is 0 Å². The van der Waals surface area contributed by atoms with E-state index >= 15 is 0 Å². The molecule has 5 nitrogen and oxygen atoms in total. The lowest BCUT2D eigenvalue weighted by Gasteiger charge is -2.41. The molecule has 0 saturated heterocycles. The van der Waals surface area contributed by atoms with Gasteiger partial charge in [-0.1, -0.05) is 37.3 Å². The van der Waals surface area contributed by atoms with Gasteiger partial charge in [0.25, 0.3) is 0 Å². The fraction of sp³-hybridized carbons (Fsp3) is 0.515. The Bertz CT molecular complexity index is 1120. The maximum atomic E-state index is 9.95. The number of hydrogen-bond acceptors (Lipinski definition) is 5. The zero-order valence-electron chi connectivity index (χ0n) is 24.1. The summed E-state index contributed by atoms with van der Waals surface area (Å²) < 4.78 is 11.5. The van der Waals surface area contributed by atoms with Crippen molar-refractivity contribution >= 4 is 0 Å². The van der Waals surface area contributed by atoms with Crippen LogP contribution in [-0.4, -0.2) is 61.3 Å². The third-order valence-electron chi connectivity index (χ3n) is 8.61. The van der Waals surface area contributed by atoms with E-state index in [0.717, 1.165) is 56.8 Å². The summed E-state index contributed by atoms with van der Waals surface area (Å²) in [6.45, 7) is 9.65. The molecule has 2 aromatic carbocycles. The normalized spacial score (nSPS) is 21.3. The van der Waals surface area contributed by atoms with E-state index in [1.807, 2.05) is 12.1 Å². The minimum atomic E-state index is 0.219. The molecule has 0 radical (unpaired) electrons. The summed E-state index contributed by atoms with van der Waals surface area (Å²) in [4.78, 5) is 4.96. The molecule has 206 valence electrons. The molecule has 2 unspecified atom stereocenters. The van der Waals surface area contributed by atoms with Gasteiger partial charge in [0.2, 0.25) is 0 Å². The number of hydrogen-bond donors (Lipinski definition) is 1. The number of methoxy groups -OCH3 is 2. The molecule has 0 spiro atoms. The molecule has 4 rings (SSSR count). The van der Waals surface area contributed by atoms with Crippen molar-refractivity contribution in [2.45, 2.75) is 65.1 Å². The van der Waals surface area contributed by atoms with Crippen molar-refractivity contribution in [2.75, 3.05) is 34.4 Å². The second-order valence-electron chi connectivity index (χ2n) is 11.2. The maximum Gasteiger partial charge on any atom is 0.158 e. The van der Waals surface area contributed by atoms with Crippen LogP contribution in [0.4, 0.5) is 0 Å². The molecule has 0 aliphatic heterocycles. The van der Waals surface area contributed by atoms with E-state index in [2.05, 4.69) is 80.1 Å². The molecule has 0 aromatic heterocycles. The number of aromatic hydroxyl groups is 1. The van der Waals surface area contributed by atoms with Crippen LogP contribution in [0.2, 0.25) is 0 Å². The third kappa shape index (κ3) is 6.62. The van der Waals surface area contributed by atoms with Crippen molar-refractivity contribution in [1.29, 1.82) is 0 Å². The SMILES string of the molecule is CCN(Cc1ccc(CCN(C)C(C)C)cc1)C1C=C(OC)C(OC)=CC1[C@@H]1CCc2cc(O)ccc2C1. The Balaban J connectivity index is 1.53. The standard InChI is InChI=1S/C33H46N2O3/c1-7-35(22-25-10-8-24(9-11-25)16-17-34(4)23(2)3)31-21-33(38-6)32(37-5)20-30(31)28-13-12-27-19-29(36)15-14-26(27)18-28/h8-11,14-15,19-21,23,28,30-31,36H,7,12-13,16-18,22H2,1-6H3/t28-,30?,31?/m1/s1. The fourth-order valence-corrected chi connectivity index (χ4v) is 5.94. The largest absolute Gasteiger partial charge is 0.508 e. The van der Waals surface area contributed by atoms with Crippen molar-refractivity contribution in [3.05, 3.63) is 88.4 Å². The molecule has 2 aliphatic carbocycles. The number of likely N-dealkylation sites (N-methyl/N-ethyl adjacent to an activating group) is 2. The summed E-state index contributed by atoms with van der Waals surface area (Å²) in [5.74, 6) is 2.82. The van der Waals surface area contributed by atoms with Crippen LogP contribution in [-0.2, 0) is 35.3 Å². The molecule has 1 N–H and O–H groups in total.